The van der Waals surface area contributed by atoms with Gasteiger partial charge in [-0.3, -0.25) is 0 Å². The Morgan fingerprint density at radius 3 is 2.44 bits per heavy atom. The molecular formula is C12H14ClN3. The summed E-state index contributed by atoms with van der Waals surface area (Å²) in [6.07, 6.45) is 0. The normalized spacial score (nSPS) is 10.8. The van der Waals surface area contributed by atoms with Crippen molar-refractivity contribution in [3.8, 4) is 5.69 Å². The smallest absolute Gasteiger partial charge is 0.0879 e. The average molecular weight is 236 g/mol. The molecule has 0 aliphatic rings. The standard InChI is InChI=1S/C12H14ClN3/c1-7-8(2)15-16(9(7)3)12-5-4-10(13)6-11(12)14/h4-6H,14H2,1-3H3. The maximum absolute atomic E-state index is 5.94. The van der Waals surface area contributed by atoms with E-state index in [2.05, 4.69) is 12.0 Å². The second kappa shape index (κ2) is 3.83. The Morgan fingerprint density at radius 2 is 1.94 bits per heavy atom. The van der Waals surface area contributed by atoms with E-state index in [0.717, 1.165) is 17.1 Å². The lowest BCUT2D eigenvalue weighted by atomic mass is 10.2. The zero-order chi connectivity index (χ0) is 11.9. The highest BCUT2D eigenvalue weighted by Crippen LogP contribution is 2.24. The van der Waals surface area contributed by atoms with Gasteiger partial charge < -0.3 is 5.73 Å². The quantitative estimate of drug-likeness (QED) is 0.773. The van der Waals surface area contributed by atoms with E-state index in [1.165, 1.54) is 5.56 Å². The van der Waals surface area contributed by atoms with Gasteiger partial charge in [-0.05, 0) is 44.5 Å². The third-order valence-electron chi connectivity index (χ3n) is 2.87. The van der Waals surface area contributed by atoms with E-state index < -0.39 is 0 Å². The highest BCUT2D eigenvalue weighted by atomic mass is 35.5. The van der Waals surface area contributed by atoms with Gasteiger partial charge in [-0.1, -0.05) is 11.6 Å². The van der Waals surface area contributed by atoms with Crippen LogP contribution in [0.5, 0.6) is 0 Å². The summed E-state index contributed by atoms with van der Waals surface area (Å²) in [6, 6.07) is 5.44. The lowest BCUT2D eigenvalue weighted by Crippen LogP contribution is -2.03. The van der Waals surface area contributed by atoms with Gasteiger partial charge in [-0.25, -0.2) is 4.68 Å². The second-order valence-corrected chi connectivity index (χ2v) is 4.35. The first-order chi connectivity index (χ1) is 7.50. The predicted octanol–water partition coefficient (Wildman–Crippen LogP) is 3.03. The molecule has 16 heavy (non-hydrogen) atoms. The van der Waals surface area contributed by atoms with Gasteiger partial charge in [0.25, 0.3) is 0 Å². The van der Waals surface area contributed by atoms with Crippen LogP contribution in [0.25, 0.3) is 5.69 Å². The molecule has 1 aromatic carbocycles. The second-order valence-electron chi connectivity index (χ2n) is 3.91. The van der Waals surface area contributed by atoms with Crippen molar-refractivity contribution in [1.29, 1.82) is 0 Å². The topological polar surface area (TPSA) is 43.8 Å². The average Bonchev–Trinajstić information content (AvgIpc) is 2.46. The fourth-order valence-electron chi connectivity index (χ4n) is 1.67. The Morgan fingerprint density at radius 1 is 1.25 bits per heavy atom. The van der Waals surface area contributed by atoms with Gasteiger partial charge in [-0.15, -0.1) is 0 Å². The number of nitrogens with two attached hydrogens (primary N) is 1. The number of benzene rings is 1. The summed E-state index contributed by atoms with van der Waals surface area (Å²) >= 11 is 5.87. The lowest BCUT2D eigenvalue weighted by Gasteiger charge is -2.08. The Kier molecular flexibility index (Phi) is 2.64. The predicted molar refractivity (Wildman–Crippen MR) is 67.2 cm³/mol. The van der Waals surface area contributed by atoms with Gasteiger partial charge in [-0.2, -0.15) is 5.10 Å². The molecule has 4 heteroatoms. The molecule has 1 heterocycles. The fraction of sp³-hybridized carbons (Fsp3) is 0.250. The van der Waals surface area contributed by atoms with Crippen molar-refractivity contribution in [2.45, 2.75) is 20.8 Å². The van der Waals surface area contributed by atoms with Crippen LogP contribution in [0.4, 0.5) is 5.69 Å². The number of nitrogens with zero attached hydrogens (tertiary/aromatic N) is 2. The number of halogens is 1. The highest BCUT2D eigenvalue weighted by molar-refractivity contribution is 6.30. The van der Waals surface area contributed by atoms with Crippen molar-refractivity contribution in [1.82, 2.24) is 9.78 Å². The van der Waals surface area contributed by atoms with Crippen LogP contribution in [0.1, 0.15) is 17.0 Å². The number of aromatic nitrogens is 2. The Labute approximate surface area is 99.8 Å². The maximum atomic E-state index is 5.94. The third kappa shape index (κ3) is 1.67. The summed E-state index contributed by atoms with van der Waals surface area (Å²) in [5.74, 6) is 0. The summed E-state index contributed by atoms with van der Waals surface area (Å²) in [7, 11) is 0. The van der Waals surface area contributed by atoms with E-state index in [9.17, 15) is 0 Å². The highest BCUT2D eigenvalue weighted by Gasteiger charge is 2.11. The lowest BCUT2D eigenvalue weighted by molar-refractivity contribution is 0.835. The Hall–Kier alpha value is -1.48. The fourth-order valence-corrected chi connectivity index (χ4v) is 1.85. The zero-order valence-electron chi connectivity index (χ0n) is 9.58. The molecule has 1 aromatic heterocycles. The van der Waals surface area contributed by atoms with Crippen LogP contribution in [0.2, 0.25) is 5.02 Å². The minimum atomic E-state index is 0.637. The molecule has 0 radical (unpaired) electrons. The maximum Gasteiger partial charge on any atom is 0.0879 e. The monoisotopic (exact) mass is 235 g/mol. The van der Waals surface area contributed by atoms with Gasteiger partial charge in [0.15, 0.2) is 0 Å². The van der Waals surface area contributed by atoms with Crippen LogP contribution < -0.4 is 5.73 Å². The van der Waals surface area contributed by atoms with E-state index in [1.807, 2.05) is 30.7 Å². The van der Waals surface area contributed by atoms with Crippen LogP contribution in [0, 0.1) is 20.8 Å². The van der Waals surface area contributed by atoms with E-state index >= 15 is 0 Å². The summed E-state index contributed by atoms with van der Waals surface area (Å²) < 4.78 is 1.86. The SMILES string of the molecule is Cc1nn(-c2ccc(Cl)cc2N)c(C)c1C. The van der Waals surface area contributed by atoms with Crippen molar-refractivity contribution in [3.05, 3.63) is 40.2 Å². The first-order valence-electron chi connectivity index (χ1n) is 5.09. The molecule has 0 bridgehead atoms. The van der Waals surface area contributed by atoms with Crippen molar-refractivity contribution >= 4 is 17.3 Å². The van der Waals surface area contributed by atoms with E-state index in [0.29, 0.717) is 10.7 Å². The van der Waals surface area contributed by atoms with Crippen LogP contribution in [0.3, 0.4) is 0 Å². The molecular weight excluding hydrogens is 222 g/mol. The van der Waals surface area contributed by atoms with Crippen molar-refractivity contribution in [2.24, 2.45) is 0 Å². The molecule has 2 rings (SSSR count). The summed E-state index contributed by atoms with van der Waals surface area (Å²) in [4.78, 5) is 0. The molecule has 0 spiro atoms. The molecule has 0 fully saturated rings. The zero-order valence-corrected chi connectivity index (χ0v) is 10.3. The molecule has 0 aliphatic heterocycles. The largest absolute Gasteiger partial charge is 0.397 e. The van der Waals surface area contributed by atoms with E-state index in [4.69, 9.17) is 17.3 Å². The number of hydrogen-bond acceptors (Lipinski definition) is 2. The summed E-state index contributed by atoms with van der Waals surface area (Å²) in [6.45, 7) is 6.08. The first kappa shape index (κ1) is 11.0. The van der Waals surface area contributed by atoms with Crippen molar-refractivity contribution in [3.63, 3.8) is 0 Å². The van der Waals surface area contributed by atoms with Crippen molar-refractivity contribution < 1.29 is 0 Å². The number of rotatable bonds is 1. The van der Waals surface area contributed by atoms with Crippen molar-refractivity contribution in [2.75, 3.05) is 5.73 Å². The van der Waals surface area contributed by atoms with Gasteiger partial charge in [0.05, 0.1) is 17.1 Å². The minimum Gasteiger partial charge on any atom is -0.397 e. The molecule has 0 unspecified atom stereocenters. The van der Waals surface area contributed by atoms with Gasteiger partial charge >= 0.3 is 0 Å². The third-order valence-corrected chi connectivity index (χ3v) is 3.11. The Balaban J connectivity index is 2.63. The number of anilines is 1. The van der Waals surface area contributed by atoms with Gasteiger partial charge in [0, 0.05) is 10.7 Å². The van der Waals surface area contributed by atoms with Crippen LogP contribution in [0.15, 0.2) is 18.2 Å². The van der Waals surface area contributed by atoms with Crippen LogP contribution in [-0.2, 0) is 0 Å². The first-order valence-corrected chi connectivity index (χ1v) is 5.46. The molecule has 2 N–H and O–H groups in total. The van der Waals surface area contributed by atoms with Crippen LogP contribution in [-0.4, -0.2) is 9.78 Å². The molecule has 3 nitrogen and oxygen atoms in total. The molecule has 0 saturated carbocycles. The number of hydrogen-bond donors (Lipinski definition) is 1. The van der Waals surface area contributed by atoms with Gasteiger partial charge in [0.1, 0.15) is 0 Å². The van der Waals surface area contributed by atoms with Crippen LogP contribution >= 0.6 is 11.6 Å². The Bertz CT molecular complexity index is 543. The molecule has 0 amide bonds. The number of aryl methyl sites for hydroxylation is 1. The molecule has 0 atom stereocenters. The van der Waals surface area contributed by atoms with E-state index in [-0.39, 0.29) is 0 Å². The molecule has 2 aromatic rings. The van der Waals surface area contributed by atoms with Gasteiger partial charge in [0.2, 0.25) is 0 Å². The summed E-state index contributed by atoms with van der Waals surface area (Å²) in [5.41, 5.74) is 10.8. The minimum absolute atomic E-state index is 0.637. The molecule has 84 valence electrons. The molecule has 0 saturated heterocycles. The summed E-state index contributed by atoms with van der Waals surface area (Å²) in [5, 5.41) is 5.10. The number of nitrogen functional groups attached to an aromatic ring is 1. The van der Waals surface area contributed by atoms with E-state index in [1.54, 1.807) is 6.07 Å². The molecule has 0 aliphatic carbocycles.